The summed E-state index contributed by atoms with van der Waals surface area (Å²) in [4.78, 5) is 14.2. The van der Waals surface area contributed by atoms with Crippen molar-refractivity contribution in [3.05, 3.63) is 22.2 Å². The standard InChI is InChI=1S/C7H8N2O2S/c8-3-5-4-12-6(9-5)1-2-7(10)11/h1-2,4H,3,8H2,(H,10,11)/b2-1+. The zero-order valence-electron chi connectivity index (χ0n) is 6.23. The average Bonchev–Trinajstić information content (AvgIpc) is 2.48. The molecule has 64 valence electrons. The molecule has 0 spiro atoms. The third kappa shape index (κ3) is 2.44. The number of nitrogens with zero attached hydrogens (tertiary/aromatic N) is 1. The maximum Gasteiger partial charge on any atom is 0.328 e. The second kappa shape index (κ2) is 3.99. The minimum absolute atomic E-state index is 0.386. The van der Waals surface area contributed by atoms with Crippen molar-refractivity contribution in [2.45, 2.75) is 6.54 Å². The molecule has 1 aromatic rings. The van der Waals surface area contributed by atoms with E-state index in [1.165, 1.54) is 17.4 Å². The predicted molar refractivity (Wildman–Crippen MR) is 46.7 cm³/mol. The normalized spacial score (nSPS) is 10.8. The summed E-state index contributed by atoms with van der Waals surface area (Å²) in [5.74, 6) is -0.973. The van der Waals surface area contributed by atoms with Gasteiger partial charge in [-0.2, -0.15) is 0 Å². The van der Waals surface area contributed by atoms with Crippen LogP contribution in [0.5, 0.6) is 0 Å². The van der Waals surface area contributed by atoms with Crippen molar-refractivity contribution in [3.8, 4) is 0 Å². The van der Waals surface area contributed by atoms with Crippen molar-refractivity contribution in [1.29, 1.82) is 0 Å². The number of nitrogens with two attached hydrogens (primary N) is 1. The Kier molecular flexibility index (Phi) is 2.95. The van der Waals surface area contributed by atoms with Gasteiger partial charge in [0.25, 0.3) is 0 Å². The number of aliphatic carboxylic acids is 1. The molecule has 12 heavy (non-hydrogen) atoms. The Hall–Kier alpha value is -1.20. The first-order valence-corrected chi connectivity index (χ1v) is 4.16. The third-order valence-electron chi connectivity index (χ3n) is 1.15. The van der Waals surface area contributed by atoms with Gasteiger partial charge in [0, 0.05) is 18.0 Å². The van der Waals surface area contributed by atoms with Gasteiger partial charge in [-0.15, -0.1) is 11.3 Å². The highest BCUT2D eigenvalue weighted by atomic mass is 32.1. The fraction of sp³-hybridized carbons (Fsp3) is 0.143. The molecule has 0 amide bonds. The SMILES string of the molecule is NCc1csc(/C=C/C(=O)O)n1. The van der Waals surface area contributed by atoms with Crippen molar-refractivity contribution in [2.24, 2.45) is 5.73 Å². The highest BCUT2D eigenvalue weighted by Crippen LogP contribution is 2.10. The van der Waals surface area contributed by atoms with Gasteiger partial charge in [-0.3, -0.25) is 0 Å². The lowest BCUT2D eigenvalue weighted by molar-refractivity contribution is -0.131. The molecule has 1 rings (SSSR count). The van der Waals surface area contributed by atoms with Gasteiger partial charge in [-0.05, 0) is 6.08 Å². The van der Waals surface area contributed by atoms with Crippen molar-refractivity contribution in [1.82, 2.24) is 4.98 Å². The Balaban J connectivity index is 2.70. The Morgan fingerprint density at radius 3 is 3.08 bits per heavy atom. The predicted octanol–water partition coefficient (Wildman–Crippen LogP) is 0.700. The van der Waals surface area contributed by atoms with Gasteiger partial charge in [0.2, 0.25) is 0 Å². The van der Waals surface area contributed by atoms with E-state index in [1.807, 2.05) is 5.38 Å². The highest BCUT2D eigenvalue weighted by Gasteiger charge is 1.96. The van der Waals surface area contributed by atoms with Crippen LogP contribution < -0.4 is 5.73 Å². The first kappa shape index (κ1) is 8.89. The van der Waals surface area contributed by atoms with Gasteiger partial charge in [0.1, 0.15) is 5.01 Å². The van der Waals surface area contributed by atoms with Crippen LogP contribution in [0.25, 0.3) is 6.08 Å². The van der Waals surface area contributed by atoms with Crippen LogP contribution in [0.3, 0.4) is 0 Å². The number of carbonyl (C=O) groups is 1. The van der Waals surface area contributed by atoms with Gasteiger partial charge in [-0.1, -0.05) is 0 Å². The van der Waals surface area contributed by atoms with E-state index in [1.54, 1.807) is 0 Å². The van der Waals surface area contributed by atoms with Crippen LogP contribution in [0.2, 0.25) is 0 Å². The lowest BCUT2D eigenvalue weighted by Gasteiger charge is -1.82. The van der Waals surface area contributed by atoms with E-state index in [0.29, 0.717) is 11.6 Å². The minimum atomic E-state index is -0.973. The first-order valence-electron chi connectivity index (χ1n) is 3.28. The molecule has 0 aliphatic carbocycles. The van der Waals surface area contributed by atoms with Gasteiger partial charge in [0.05, 0.1) is 5.69 Å². The number of carboxylic acid groups (broad SMARTS) is 1. The zero-order valence-corrected chi connectivity index (χ0v) is 7.04. The molecule has 0 fully saturated rings. The van der Waals surface area contributed by atoms with E-state index in [4.69, 9.17) is 10.8 Å². The molecule has 0 bridgehead atoms. The molecule has 0 radical (unpaired) electrons. The van der Waals surface area contributed by atoms with E-state index in [2.05, 4.69) is 4.98 Å². The Bertz CT molecular complexity index is 306. The van der Waals surface area contributed by atoms with Crippen molar-refractivity contribution < 1.29 is 9.90 Å². The summed E-state index contributed by atoms with van der Waals surface area (Å²) >= 11 is 1.37. The molecule has 0 aromatic carbocycles. The molecule has 5 heteroatoms. The second-order valence-corrected chi connectivity index (χ2v) is 2.94. The fourth-order valence-electron chi connectivity index (χ4n) is 0.636. The molecule has 1 heterocycles. The molecule has 1 aromatic heterocycles. The number of carboxylic acids is 1. The van der Waals surface area contributed by atoms with E-state index in [0.717, 1.165) is 11.8 Å². The van der Waals surface area contributed by atoms with E-state index in [9.17, 15) is 4.79 Å². The van der Waals surface area contributed by atoms with Crippen molar-refractivity contribution >= 4 is 23.4 Å². The van der Waals surface area contributed by atoms with Gasteiger partial charge in [0.15, 0.2) is 0 Å². The first-order chi connectivity index (χ1) is 5.72. The molecular weight excluding hydrogens is 176 g/mol. The molecule has 0 atom stereocenters. The molecule has 3 N–H and O–H groups in total. The quantitative estimate of drug-likeness (QED) is 0.678. The number of thiazole rings is 1. The van der Waals surface area contributed by atoms with E-state index >= 15 is 0 Å². The van der Waals surface area contributed by atoms with Crippen LogP contribution in [-0.2, 0) is 11.3 Å². The molecule has 0 saturated heterocycles. The summed E-state index contributed by atoms with van der Waals surface area (Å²) in [5.41, 5.74) is 6.11. The van der Waals surface area contributed by atoms with E-state index < -0.39 is 5.97 Å². The second-order valence-electron chi connectivity index (χ2n) is 2.05. The van der Waals surface area contributed by atoms with Crippen molar-refractivity contribution in [2.75, 3.05) is 0 Å². The van der Waals surface area contributed by atoms with Crippen molar-refractivity contribution in [3.63, 3.8) is 0 Å². The summed E-state index contributed by atoms with van der Waals surface area (Å²) in [6.07, 6.45) is 2.51. The number of hydrogen-bond donors (Lipinski definition) is 2. The lowest BCUT2D eigenvalue weighted by atomic mass is 10.5. The number of rotatable bonds is 3. The minimum Gasteiger partial charge on any atom is -0.478 e. The summed E-state index contributed by atoms with van der Waals surface area (Å²) in [5, 5.41) is 10.8. The van der Waals surface area contributed by atoms with Crippen LogP contribution in [0.15, 0.2) is 11.5 Å². The summed E-state index contributed by atoms with van der Waals surface area (Å²) in [6.45, 7) is 0.386. The van der Waals surface area contributed by atoms with Crippen LogP contribution >= 0.6 is 11.3 Å². The lowest BCUT2D eigenvalue weighted by Crippen LogP contribution is -1.95. The molecular formula is C7H8N2O2S. The molecule has 4 nitrogen and oxygen atoms in total. The maximum atomic E-state index is 10.1. The maximum absolute atomic E-state index is 10.1. The largest absolute Gasteiger partial charge is 0.478 e. The number of aromatic nitrogens is 1. The van der Waals surface area contributed by atoms with E-state index in [-0.39, 0.29) is 0 Å². The Morgan fingerprint density at radius 2 is 2.58 bits per heavy atom. The van der Waals surface area contributed by atoms with Crippen LogP contribution in [0.4, 0.5) is 0 Å². The fourth-order valence-corrected chi connectivity index (χ4v) is 1.36. The van der Waals surface area contributed by atoms with Gasteiger partial charge in [-0.25, -0.2) is 9.78 Å². The molecule has 0 aliphatic heterocycles. The highest BCUT2D eigenvalue weighted by molar-refractivity contribution is 7.10. The summed E-state index contributed by atoms with van der Waals surface area (Å²) in [7, 11) is 0. The Labute approximate surface area is 73.4 Å². The van der Waals surface area contributed by atoms with Gasteiger partial charge < -0.3 is 10.8 Å². The molecule has 0 aliphatic rings. The summed E-state index contributed by atoms with van der Waals surface area (Å²) in [6, 6.07) is 0. The molecule has 0 saturated carbocycles. The number of hydrogen-bond acceptors (Lipinski definition) is 4. The van der Waals surface area contributed by atoms with Crippen LogP contribution in [0, 0.1) is 0 Å². The Morgan fingerprint density at radius 1 is 1.83 bits per heavy atom. The molecule has 0 unspecified atom stereocenters. The van der Waals surface area contributed by atoms with Gasteiger partial charge >= 0.3 is 5.97 Å². The van der Waals surface area contributed by atoms with Crippen LogP contribution in [-0.4, -0.2) is 16.1 Å². The third-order valence-corrected chi connectivity index (χ3v) is 2.01. The summed E-state index contributed by atoms with van der Waals surface area (Å²) < 4.78 is 0. The zero-order chi connectivity index (χ0) is 8.97. The monoisotopic (exact) mass is 184 g/mol. The topological polar surface area (TPSA) is 76.2 Å². The van der Waals surface area contributed by atoms with Crippen LogP contribution in [0.1, 0.15) is 10.7 Å². The smallest absolute Gasteiger partial charge is 0.328 e. The average molecular weight is 184 g/mol.